The van der Waals surface area contributed by atoms with Crippen LogP contribution in [0, 0.1) is 0 Å². The molecular weight excluding hydrogens is 372 g/mol. The Morgan fingerprint density at radius 2 is 2.23 bits per heavy atom. The number of carbonyl (C=O) groups is 2. The molecule has 1 aliphatic rings. The third-order valence-electron chi connectivity index (χ3n) is 3.37. The van der Waals surface area contributed by atoms with E-state index in [1.54, 1.807) is 18.6 Å². The number of aliphatic imine (C=N–C) groups is 1. The van der Waals surface area contributed by atoms with Gasteiger partial charge in [0.2, 0.25) is 5.91 Å². The van der Waals surface area contributed by atoms with Crippen LogP contribution in [-0.2, 0) is 9.59 Å². The Hall–Kier alpha value is -2.98. The number of hydrogen-bond acceptors (Lipinski definition) is 7. The predicted octanol–water partition coefficient (Wildman–Crippen LogP) is 2.87. The van der Waals surface area contributed by atoms with Gasteiger partial charge in [-0.15, -0.1) is 0 Å². The Morgan fingerprint density at radius 1 is 1.35 bits per heavy atom. The average molecular weight is 384 g/mol. The lowest BCUT2D eigenvalue weighted by Crippen LogP contribution is -2.19. The van der Waals surface area contributed by atoms with E-state index in [1.807, 2.05) is 18.2 Å². The van der Waals surface area contributed by atoms with E-state index in [1.165, 1.54) is 30.0 Å². The minimum Gasteiger partial charge on any atom is -0.345 e. The second-order valence-corrected chi connectivity index (χ2v) is 7.43. The van der Waals surface area contributed by atoms with Gasteiger partial charge in [0.25, 0.3) is 5.91 Å². The number of nitrogens with zero attached hydrogens (tertiary/aromatic N) is 3. The monoisotopic (exact) mass is 384 g/mol. The van der Waals surface area contributed by atoms with E-state index in [0.29, 0.717) is 15.2 Å². The third kappa shape index (κ3) is 3.51. The van der Waals surface area contributed by atoms with Gasteiger partial charge in [-0.25, -0.2) is 15.0 Å². The standard InChI is InChI=1S/C16H12N6O2S2/c1-8(23)20-15-17-6-10(25-15)5-13-14(24)22-16(26-13)21-9-2-3-11-12(4-9)19-7-18-11/h2-7H,1H3,(H,18,19)(H,17,20,23)(H,21,22,24). The van der Waals surface area contributed by atoms with E-state index in [-0.39, 0.29) is 11.8 Å². The fraction of sp³-hybridized carbons (Fsp3) is 0.0625. The smallest absolute Gasteiger partial charge is 0.264 e. The van der Waals surface area contributed by atoms with Gasteiger partial charge in [-0.1, -0.05) is 11.3 Å². The Morgan fingerprint density at radius 3 is 3.08 bits per heavy atom. The summed E-state index contributed by atoms with van der Waals surface area (Å²) in [4.78, 5) is 40.2. The Kier molecular flexibility index (Phi) is 4.27. The van der Waals surface area contributed by atoms with E-state index in [4.69, 9.17) is 0 Å². The van der Waals surface area contributed by atoms with Gasteiger partial charge in [-0.05, 0) is 36.0 Å². The quantitative estimate of drug-likeness (QED) is 0.601. The second kappa shape index (κ2) is 6.73. The Labute approximate surface area is 155 Å². The summed E-state index contributed by atoms with van der Waals surface area (Å²) in [5.74, 6) is -0.402. The van der Waals surface area contributed by atoms with Crippen molar-refractivity contribution in [3.05, 3.63) is 40.5 Å². The number of H-pyrrole nitrogens is 1. The summed E-state index contributed by atoms with van der Waals surface area (Å²) in [6.07, 6.45) is 4.96. The third-order valence-corrected chi connectivity index (χ3v) is 5.13. The molecule has 3 N–H and O–H groups in total. The topological polar surface area (TPSA) is 112 Å². The van der Waals surface area contributed by atoms with Crippen molar-refractivity contribution in [2.45, 2.75) is 6.92 Å². The molecule has 2 aromatic heterocycles. The van der Waals surface area contributed by atoms with Crippen molar-refractivity contribution in [1.82, 2.24) is 20.3 Å². The summed E-state index contributed by atoms with van der Waals surface area (Å²) in [7, 11) is 0. The number of fused-ring (bicyclic) bond motifs is 1. The number of amidine groups is 1. The molecule has 3 heterocycles. The molecule has 1 saturated heterocycles. The highest BCUT2D eigenvalue weighted by atomic mass is 32.2. The minimum atomic E-state index is -0.217. The van der Waals surface area contributed by atoms with Crippen molar-refractivity contribution in [2.75, 3.05) is 5.32 Å². The molecule has 0 unspecified atom stereocenters. The molecule has 0 bridgehead atoms. The normalized spacial score (nSPS) is 17.2. The van der Waals surface area contributed by atoms with Gasteiger partial charge in [0, 0.05) is 13.1 Å². The van der Waals surface area contributed by atoms with Gasteiger partial charge in [0.15, 0.2) is 10.3 Å². The van der Waals surface area contributed by atoms with Crippen LogP contribution in [-0.4, -0.2) is 31.9 Å². The van der Waals surface area contributed by atoms with Crippen LogP contribution in [0.4, 0.5) is 10.8 Å². The second-order valence-electron chi connectivity index (χ2n) is 5.33. The highest BCUT2D eigenvalue weighted by Crippen LogP contribution is 2.30. The molecule has 1 aliphatic heterocycles. The number of nitrogens with one attached hydrogen (secondary N) is 3. The van der Waals surface area contributed by atoms with Gasteiger partial charge in [-0.3, -0.25) is 9.59 Å². The van der Waals surface area contributed by atoms with Crippen LogP contribution in [0.5, 0.6) is 0 Å². The van der Waals surface area contributed by atoms with Crippen LogP contribution in [0.3, 0.4) is 0 Å². The summed E-state index contributed by atoms with van der Waals surface area (Å²) in [5.41, 5.74) is 2.46. The lowest BCUT2D eigenvalue weighted by atomic mass is 10.3. The molecule has 1 fully saturated rings. The number of thioether (sulfide) groups is 1. The van der Waals surface area contributed by atoms with Gasteiger partial charge in [0.05, 0.1) is 32.8 Å². The molecular formula is C16H12N6O2S2. The maximum Gasteiger partial charge on any atom is 0.264 e. The van der Waals surface area contributed by atoms with E-state index < -0.39 is 0 Å². The number of anilines is 1. The van der Waals surface area contributed by atoms with Crippen molar-refractivity contribution in [1.29, 1.82) is 0 Å². The zero-order valence-electron chi connectivity index (χ0n) is 13.4. The first kappa shape index (κ1) is 16.5. The highest BCUT2D eigenvalue weighted by molar-refractivity contribution is 8.18. The first-order chi connectivity index (χ1) is 12.6. The fourth-order valence-electron chi connectivity index (χ4n) is 2.28. The van der Waals surface area contributed by atoms with Crippen molar-refractivity contribution >= 4 is 68.0 Å². The van der Waals surface area contributed by atoms with Crippen LogP contribution in [0.25, 0.3) is 17.1 Å². The molecule has 2 amide bonds. The van der Waals surface area contributed by atoms with Crippen molar-refractivity contribution in [3.8, 4) is 0 Å². The molecule has 8 nitrogen and oxygen atoms in total. The van der Waals surface area contributed by atoms with Crippen molar-refractivity contribution in [2.24, 2.45) is 4.99 Å². The van der Waals surface area contributed by atoms with E-state index >= 15 is 0 Å². The SMILES string of the molecule is CC(=O)Nc1ncc(C=C2SC(=Nc3ccc4nc[nH]c4c3)NC2=O)s1. The molecule has 4 rings (SSSR count). The number of carbonyl (C=O) groups excluding carboxylic acids is 2. The zero-order chi connectivity index (χ0) is 18.1. The first-order valence-electron chi connectivity index (χ1n) is 7.53. The largest absolute Gasteiger partial charge is 0.345 e. The van der Waals surface area contributed by atoms with Gasteiger partial charge < -0.3 is 15.6 Å². The van der Waals surface area contributed by atoms with E-state index in [9.17, 15) is 9.59 Å². The predicted molar refractivity (Wildman–Crippen MR) is 103 cm³/mol. The average Bonchev–Trinajstić information content (AvgIpc) is 3.29. The van der Waals surface area contributed by atoms with E-state index in [2.05, 4.69) is 30.6 Å². The number of thiazole rings is 1. The number of rotatable bonds is 3. The van der Waals surface area contributed by atoms with E-state index in [0.717, 1.165) is 21.6 Å². The molecule has 10 heteroatoms. The van der Waals surface area contributed by atoms with Gasteiger partial charge >= 0.3 is 0 Å². The van der Waals surface area contributed by atoms with Crippen molar-refractivity contribution in [3.63, 3.8) is 0 Å². The molecule has 26 heavy (non-hydrogen) atoms. The lowest BCUT2D eigenvalue weighted by Gasteiger charge is -1.96. The summed E-state index contributed by atoms with van der Waals surface area (Å²) in [6, 6.07) is 5.57. The van der Waals surface area contributed by atoms with Crippen LogP contribution in [0.15, 0.2) is 40.6 Å². The maximum atomic E-state index is 12.2. The number of aromatic nitrogens is 3. The zero-order valence-corrected chi connectivity index (χ0v) is 15.1. The summed E-state index contributed by atoms with van der Waals surface area (Å²) in [5, 5.41) is 6.36. The fourth-order valence-corrected chi connectivity index (χ4v) is 3.99. The van der Waals surface area contributed by atoms with Gasteiger partial charge in [0.1, 0.15) is 0 Å². The van der Waals surface area contributed by atoms with Crippen LogP contribution >= 0.6 is 23.1 Å². The first-order valence-corrected chi connectivity index (χ1v) is 9.16. The molecule has 3 aromatic rings. The van der Waals surface area contributed by atoms with Crippen LogP contribution < -0.4 is 10.6 Å². The van der Waals surface area contributed by atoms with Gasteiger partial charge in [-0.2, -0.15) is 0 Å². The number of imidazole rings is 1. The minimum absolute atomic E-state index is 0.185. The summed E-state index contributed by atoms with van der Waals surface area (Å²) >= 11 is 2.55. The number of benzene rings is 1. The summed E-state index contributed by atoms with van der Waals surface area (Å²) < 4.78 is 0. The highest BCUT2D eigenvalue weighted by Gasteiger charge is 2.24. The molecule has 0 saturated carbocycles. The molecule has 0 atom stereocenters. The van der Waals surface area contributed by atoms with Crippen LogP contribution in [0.1, 0.15) is 11.8 Å². The summed E-state index contributed by atoms with van der Waals surface area (Å²) in [6.45, 7) is 1.42. The molecule has 0 spiro atoms. The lowest BCUT2D eigenvalue weighted by molar-refractivity contribution is -0.115. The molecule has 1 aromatic carbocycles. The maximum absolute atomic E-state index is 12.2. The van der Waals surface area contributed by atoms with Crippen LogP contribution in [0.2, 0.25) is 0 Å². The number of amides is 2. The van der Waals surface area contributed by atoms with Crippen molar-refractivity contribution < 1.29 is 9.59 Å². The number of aromatic amines is 1. The molecule has 0 radical (unpaired) electrons. The molecule has 0 aliphatic carbocycles. The Balaban J connectivity index is 1.54. The number of hydrogen-bond donors (Lipinski definition) is 3. The molecule has 130 valence electrons. The Bertz CT molecular complexity index is 1080.